The van der Waals surface area contributed by atoms with Gasteiger partial charge in [0.2, 0.25) is 0 Å². The Morgan fingerprint density at radius 1 is 1.38 bits per heavy atom. The van der Waals surface area contributed by atoms with Crippen molar-refractivity contribution in [1.29, 1.82) is 0 Å². The van der Waals surface area contributed by atoms with Gasteiger partial charge in [-0.1, -0.05) is 6.07 Å². The van der Waals surface area contributed by atoms with Gasteiger partial charge in [-0.2, -0.15) is 0 Å². The van der Waals surface area contributed by atoms with Crippen LogP contribution in [0.3, 0.4) is 0 Å². The zero-order valence-corrected chi connectivity index (χ0v) is 9.34. The number of rotatable bonds is 4. The molecule has 1 aliphatic rings. The summed E-state index contributed by atoms with van der Waals surface area (Å²) in [5, 5.41) is 3.20. The summed E-state index contributed by atoms with van der Waals surface area (Å²) >= 11 is 0. The summed E-state index contributed by atoms with van der Waals surface area (Å²) in [5.74, 6) is -0.320. The van der Waals surface area contributed by atoms with E-state index in [-0.39, 0.29) is 0 Å². The number of hydrogen-bond donors (Lipinski definition) is 1. The Morgan fingerprint density at radius 2 is 2.12 bits per heavy atom. The molecule has 1 aliphatic heterocycles. The van der Waals surface area contributed by atoms with E-state index in [1.54, 1.807) is 0 Å². The molecule has 0 spiro atoms. The maximum atomic E-state index is 13.4. The van der Waals surface area contributed by atoms with Gasteiger partial charge in [-0.3, -0.25) is 0 Å². The molecule has 2 rings (SSSR count). The lowest BCUT2D eigenvalue weighted by molar-refractivity contribution is 0.217. The van der Waals surface area contributed by atoms with Crippen molar-refractivity contribution in [3.8, 4) is 0 Å². The van der Waals surface area contributed by atoms with Gasteiger partial charge in [0.15, 0.2) is 0 Å². The van der Waals surface area contributed by atoms with Crippen molar-refractivity contribution < 1.29 is 8.78 Å². The minimum absolute atomic E-state index is 0.460. The first-order valence-electron chi connectivity index (χ1n) is 5.48. The summed E-state index contributed by atoms with van der Waals surface area (Å²) in [6.07, 6.45) is 0. The van der Waals surface area contributed by atoms with Gasteiger partial charge in [0.25, 0.3) is 0 Å². The van der Waals surface area contributed by atoms with Gasteiger partial charge in [0.05, 0.1) is 0 Å². The highest BCUT2D eigenvalue weighted by atomic mass is 19.1. The molecule has 0 aliphatic carbocycles. The van der Waals surface area contributed by atoms with Crippen LogP contribution in [0.2, 0.25) is 0 Å². The van der Waals surface area contributed by atoms with Crippen LogP contribution in [0.15, 0.2) is 18.2 Å². The van der Waals surface area contributed by atoms with Gasteiger partial charge >= 0.3 is 0 Å². The van der Waals surface area contributed by atoms with Gasteiger partial charge in [0, 0.05) is 37.8 Å². The summed E-state index contributed by atoms with van der Waals surface area (Å²) in [6, 6.07) is 3.76. The highest BCUT2D eigenvalue weighted by molar-refractivity contribution is 5.18. The molecule has 1 fully saturated rings. The predicted octanol–water partition coefficient (Wildman–Crippen LogP) is 1.62. The summed E-state index contributed by atoms with van der Waals surface area (Å²) in [7, 11) is 1.96. The lowest BCUT2D eigenvalue weighted by atomic mass is 10.0. The van der Waals surface area contributed by atoms with E-state index in [0.717, 1.165) is 25.7 Å². The van der Waals surface area contributed by atoms with Gasteiger partial charge in [-0.05, 0) is 19.0 Å². The Hall–Kier alpha value is -1.00. The lowest BCUT2D eigenvalue weighted by Crippen LogP contribution is -2.47. The molecule has 1 aromatic carbocycles. The van der Waals surface area contributed by atoms with Crippen molar-refractivity contribution in [3.05, 3.63) is 35.4 Å². The first kappa shape index (κ1) is 11.5. The second-order valence-corrected chi connectivity index (χ2v) is 4.46. The van der Waals surface area contributed by atoms with E-state index < -0.39 is 11.6 Å². The third kappa shape index (κ3) is 2.77. The molecule has 0 aromatic heterocycles. The number of nitrogens with one attached hydrogen (secondary N) is 1. The smallest absolute Gasteiger partial charge is 0.130 e. The molecule has 88 valence electrons. The predicted molar refractivity (Wildman–Crippen MR) is 59.1 cm³/mol. The minimum Gasteiger partial charge on any atom is -0.316 e. The fourth-order valence-corrected chi connectivity index (χ4v) is 1.92. The van der Waals surface area contributed by atoms with Gasteiger partial charge in [0.1, 0.15) is 11.6 Å². The van der Waals surface area contributed by atoms with Crippen LogP contribution in [0.5, 0.6) is 0 Å². The van der Waals surface area contributed by atoms with E-state index in [9.17, 15) is 8.78 Å². The van der Waals surface area contributed by atoms with Crippen LogP contribution >= 0.6 is 0 Å². The molecule has 0 amide bonds. The van der Waals surface area contributed by atoms with Crippen molar-refractivity contribution in [2.75, 3.05) is 26.7 Å². The highest BCUT2D eigenvalue weighted by Crippen LogP contribution is 2.13. The van der Waals surface area contributed by atoms with Crippen LogP contribution in [-0.2, 0) is 6.54 Å². The maximum absolute atomic E-state index is 13.4. The number of benzene rings is 1. The van der Waals surface area contributed by atoms with Gasteiger partial charge < -0.3 is 10.2 Å². The van der Waals surface area contributed by atoms with Crippen molar-refractivity contribution in [2.45, 2.75) is 6.54 Å². The van der Waals surface area contributed by atoms with Crippen LogP contribution in [0.4, 0.5) is 8.78 Å². The Kier molecular flexibility index (Phi) is 3.51. The van der Waals surface area contributed by atoms with Gasteiger partial charge in [-0.15, -0.1) is 0 Å². The fraction of sp³-hybridized carbons (Fsp3) is 0.500. The number of hydrogen-bond acceptors (Lipinski definition) is 2. The second-order valence-electron chi connectivity index (χ2n) is 4.46. The quantitative estimate of drug-likeness (QED) is 0.839. The van der Waals surface area contributed by atoms with Crippen molar-refractivity contribution in [1.82, 2.24) is 10.2 Å². The maximum Gasteiger partial charge on any atom is 0.130 e. The number of halogens is 2. The average Bonchev–Trinajstić information content (AvgIpc) is 2.16. The first-order chi connectivity index (χ1) is 7.65. The van der Waals surface area contributed by atoms with Crippen LogP contribution < -0.4 is 5.32 Å². The number of nitrogens with zero attached hydrogens (tertiary/aromatic N) is 1. The first-order valence-corrected chi connectivity index (χ1v) is 5.48. The van der Waals surface area contributed by atoms with Crippen molar-refractivity contribution >= 4 is 0 Å². The monoisotopic (exact) mass is 226 g/mol. The second kappa shape index (κ2) is 4.89. The molecular weight excluding hydrogens is 210 g/mol. The summed E-state index contributed by atoms with van der Waals surface area (Å²) in [5.41, 5.74) is 0.552. The molecular formula is C12H16F2N2. The standard InChI is InChI=1S/C12H16F2N2/c1-16(7-9-5-15-6-9)8-10-2-3-11(13)4-12(10)14/h2-4,9,15H,5-8H2,1H3. The van der Waals surface area contributed by atoms with Crippen LogP contribution in [0.1, 0.15) is 5.56 Å². The molecule has 0 unspecified atom stereocenters. The normalized spacial score (nSPS) is 16.5. The average molecular weight is 226 g/mol. The zero-order chi connectivity index (χ0) is 11.5. The SMILES string of the molecule is CN(Cc1ccc(F)cc1F)CC1CNC1. The van der Waals surface area contributed by atoms with E-state index in [1.165, 1.54) is 12.1 Å². The van der Waals surface area contributed by atoms with E-state index in [2.05, 4.69) is 10.2 Å². The molecule has 0 atom stereocenters. The topological polar surface area (TPSA) is 15.3 Å². The molecule has 0 radical (unpaired) electrons. The Bertz CT molecular complexity index is 364. The van der Waals surface area contributed by atoms with E-state index in [0.29, 0.717) is 18.0 Å². The molecule has 1 N–H and O–H groups in total. The Labute approximate surface area is 94.3 Å². The largest absolute Gasteiger partial charge is 0.316 e. The van der Waals surface area contributed by atoms with E-state index in [4.69, 9.17) is 0 Å². The summed E-state index contributed by atoms with van der Waals surface area (Å²) < 4.78 is 26.1. The molecule has 1 heterocycles. The highest BCUT2D eigenvalue weighted by Gasteiger charge is 2.18. The Balaban J connectivity index is 1.91. The summed E-state index contributed by atoms with van der Waals surface area (Å²) in [6.45, 7) is 3.55. The summed E-state index contributed by atoms with van der Waals surface area (Å²) in [4.78, 5) is 2.07. The van der Waals surface area contributed by atoms with Crippen LogP contribution in [0.25, 0.3) is 0 Å². The molecule has 2 nitrogen and oxygen atoms in total. The minimum atomic E-state index is -0.521. The zero-order valence-electron chi connectivity index (χ0n) is 9.34. The Morgan fingerprint density at radius 3 is 2.69 bits per heavy atom. The van der Waals surface area contributed by atoms with E-state index in [1.807, 2.05) is 7.05 Å². The molecule has 16 heavy (non-hydrogen) atoms. The van der Waals surface area contributed by atoms with Crippen molar-refractivity contribution in [2.24, 2.45) is 5.92 Å². The fourth-order valence-electron chi connectivity index (χ4n) is 1.92. The van der Waals surface area contributed by atoms with Crippen molar-refractivity contribution in [3.63, 3.8) is 0 Å². The third-order valence-corrected chi connectivity index (χ3v) is 2.89. The molecule has 4 heteroatoms. The van der Waals surface area contributed by atoms with Crippen LogP contribution in [-0.4, -0.2) is 31.6 Å². The molecule has 1 saturated heterocycles. The molecule has 0 bridgehead atoms. The van der Waals surface area contributed by atoms with Crippen LogP contribution in [0, 0.1) is 17.6 Å². The van der Waals surface area contributed by atoms with Gasteiger partial charge in [-0.25, -0.2) is 8.78 Å². The lowest BCUT2D eigenvalue weighted by Gasteiger charge is -2.31. The molecule has 1 aromatic rings. The van der Waals surface area contributed by atoms with E-state index >= 15 is 0 Å². The molecule has 0 saturated carbocycles. The third-order valence-electron chi connectivity index (χ3n) is 2.89.